The predicted octanol–water partition coefficient (Wildman–Crippen LogP) is 0.387. The van der Waals surface area contributed by atoms with Gasteiger partial charge in [-0.15, -0.1) is 5.10 Å². The van der Waals surface area contributed by atoms with Crippen molar-refractivity contribution < 1.29 is 38.1 Å². The minimum absolute atomic E-state index is 0.176. The fraction of sp³-hybridized carbons (Fsp3) is 0.529. The Balaban J connectivity index is 2.29. The van der Waals surface area contributed by atoms with Gasteiger partial charge in [0, 0.05) is 25.6 Å². The van der Waals surface area contributed by atoms with E-state index in [2.05, 4.69) is 17.1 Å². The lowest BCUT2D eigenvalue weighted by atomic mass is 9.91. The molecule has 0 radical (unpaired) electrons. The average molecular weight is 382 g/mol. The summed E-state index contributed by atoms with van der Waals surface area (Å²) in [4.78, 5) is 35.2. The van der Waals surface area contributed by atoms with Gasteiger partial charge in [0.15, 0.2) is 18.3 Å². The maximum absolute atomic E-state index is 12.2. The van der Waals surface area contributed by atoms with Crippen molar-refractivity contribution in [3.63, 3.8) is 0 Å². The Morgan fingerprint density at radius 1 is 1.15 bits per heavy atom. The van der Waals surface area contributed by atoms with Gasteiger partial charge in [-0.2, -0.15) is 0 Å². The van der Waals surface area contributed by atoms with Crippen LogP contribution in [0.25, 0.3) is 0 Å². The van der Waals surface area contributed by atoms with Crippen molar-refractivity contribution in [2.75, 3.05) is 7.11 Å². The molecule has 1 saturated heterocycles. The summed E-state index contributed by atoms with van der Waals surface area (Å²) in [6.45, 7) is 7.73. The Morgan fingerprint density at radius 3 is 2.30 bits per heavy atom. The molecule has 0 spiro atoms. The van der Waals surface area contributed by atoms with Crippen LogP contribution >= 0.6 is 0 Å². The van der Waals surface area contributed by atoms with Crippen molar-refractivity contribution in [3.05, 3.63) is 24.4 Å². The number of hydrogen-bond acceptors (Lipinski definition) is 10. The first-order valence-corrected chi connectivity index (χ1v) is 8.18. The molecule has 10 nitrogen and oxygen atoms in total. The van der Waals surface area contributed by atoms with Gasteiger partial charge >= 0.3 is 17.9 Å². The number of carbonyl (C=O) groups is 3. The molecule has 5 unspecified atom stereocenters. The second-order valence-electron chi connectivity index (χ2n) is 5.99. The fourth-order valence-electron chi connectivity index (χ4n) is 2.66. The number of allylic oxidation sites excluding steroid dienone is 1. The highest BCUT2D eigenvalue weighted by atomic mass is 16.7. The smallest absolute Gasteiger partial charge is 0.339 e. The molecule has 10 heteroatoms. The zero-order chi connectivity index (χ0) is 20.1. The van der Waals surface area contributed by atoms with E-state index in [9.17, 15) is 14.4 Å². The van der Waals surface area contributed by atoms with E-state index in [1.165, 1.54) is 13.8 Å². The van der Waals surface area contributed by atoms with Crippen molar-refractivity contribution in [1.29, 1.82) is 0 Å². The number of hydrogen-bond donors (Lipinski definition) is 1. The van der Waals surface area contributed by atoms with E-state index >= 15 is 0 Å². The number of rotatable bonds is 4. The van der Waals surface area contributed by atoms with Crippen LogP contribution < -0.4 is 5.43 Å². The summed E-state index contributed by atoms with van der Waals surface area (Å²) in [6.07, 6.45) is -1.36. The summed E-state index contributed by atoms with van der Waals surface area (Å²) in [5, 5.41) is 3.95. The number of ether oxygens (including phenoxy) is 5. The van der Waals surface area contributed by atoms with Crippen LogP contribution in [0.5, 0.6) is 0 Å². The maximum atomic E-state index is 12.2. The van der Waals surface area contributed by atoms with E-state index in [4.69, 9.17) is 23.7 Å². The molecule has 0 aromatic rings. The molecular formula is C17H22N2O8. The number of nitrogens with zero attached hydrogens (tertiary/aromatic N) is 1. The topological polar surface area (TPSA) is 122 Å². The third-order valence-corrected chi connectivity index (χ3v) is 3.86. The van der Waals surface area contributed by atoms with E-state index in [0.29, 0.717) is 5.70 Å². The lowest BCUT2D eigenvalue weighted by Gasteiger charge is -2.42. The SMILES string of the molecule is C=C1C=CC(OC2OC(C(=O)OC)C(OC(C)=O)C(OC(C)=O)C2C)=NN1. The highest BCUT2D eigenvalue weighted by Gasteiger charge is 2.52. The van der Waals surface area contributed by atoms with Crippen LogP contribution in [-0.2, 0) is 38.1 Å². The predicted molar refractivity (Wildman–Crippen MR) is 90.9 cm³/mol. The molecule has 1 fully saturated rings. The van der Waals surface area contributed by atoms with Crippen LogP contribution in [0, 0.1) is 5.92 Å². The molecule has 0 bridgehead atoms. The minimum atomic E-state index is -1.35. The number of carbonyl (C=O) groups excluding carboxylic acids is 3. The van der Waals surface area contributed by atoms with Gasteiger partial charge in [-0.25, -0.2) is 4.79 Å². The van der Waals surface area contributed by atoms with Gasteiger partial charge in [0.25, 0.3) is 0 Å². The lowest BCUT2D eigenvalue weighted by Crippen LogP contribution is -2.60. The Morgan fingerprint density at radius 2 is 1.78 bits per heavy atom. The second kappa shape index (κ2) is 8.67. The average Bonchev–Trinajstić information content (AvgIpc) is 2.61. The normalized spacial score (nSPS) is 29.9. The van der Waals surface area contributed by atoms with Gasteiger partial charge in [0.1, 0.15) is 0 Å². The molecule has 2 rings (SSSR count). The van der Waals surface area contributed by atoms with Crippen molar-refractivity contribution >= 4 is 23.8 Å². The summed E-state index contributed by atoms with van der Waals surface area (Å²) in [5.41, 5.74) is 3.21. The largest absolute Gasteiger partial charge is 0.467 e. The van der Waals surface area contributed by atoms with E-state index in [-0.39, 0.29) is 5.90 Å². The summed E-state index contributed by atoms with van der Waals surface area (Å²) < 4.78 is 26.6. The third-order valence-electron chi connectivity index (χ3n) is 3.86. The Bertz CT molecular complexity index is 686. The number of nitrogens with one attached hydrogen (secondary N) is 1. The second-order valence-corrected chi connectivity index (χ2v) is 5.99. The van der Waals surface area contributed by atoms with E-state index in [1.807, 2.05) is 0 Å². The Hall–Kier alpha value is -2.88. The first kappa shape index (κ1) is 20.4. The highest BCUT2D eigenvalue weighted by Crippen LogP contribution is 2.32. The number of esters is 3. The highest BCUT2D eigenvalue weighted by molar-refractivity contribution is 5.89. The molecule has 0 aliphatic carbocycles. The van der Waals surface area contributed by atoms with Gasteiger partial charge < -0.3 is 23.7 Å². The van der Waals surface area contributed by atoms with E-state index in [1.54, 1.807) is 19.1 Å². The molecule has 0 aromatic carbocycles. The zero-order valence-corrected chi connectivity index (χ0v) is 15.5. The van der Waals surface area contributed by atoms with E-state index in [0.717, 1.165) is 7.11 Å². The monoisotopic (exact) mass is 382 g/mol. The van der Waals surface area contributed by atoms with Gasteiger partial charge in [-0.05, 0) is 6.08 Å². The molecular weight excluding hydrogens is 360 g/mol. The first-order valence-electron chi connectivity index (χ1n) is 8.18. The lowest BCUT2D eigenvalue weighted by molar-refractivity contribution is -0.264. The molecule has 1 N–H and O–H groups in total. The standard InChI is InChI=1S/C17H22N2O8/c1-8-6-7-12(19-18-8)26-17-9(2)13(24-10(3)20)14(25-11(4)21)15(27-17)16(22)23-5/h6-7,9,13-15,17-18H,1H2,2-5H3. The van der Waals surface area contributed by atoms with Crippen LogP contribution in [0.2, 0.25) is 0 Å². The third kappa shape index (κ3) is 5.07. The molecule has 2 heterocycles. The van der Waals surface area contributed by atoms with Crippen molar-refractivity contribution in [3.8, 4) is 0 Å². The minimum Gasteiger partial charge on any atom is -0.467 e. The van der Waals surface area contributed by atoms with Crippen molar-refractivity contribution in [2.45, 2.75) is 45.4 Å². The fourth-order valence-corrected chi connectivity index (χ4v) is 2.66. The summed E-state index contributed by atoms with van der Waals surface area (Å²) in [6, 6.07) is 0. The maximum Gasteiger partial charge on any atom is 0.339 e. The number of methoxy groups -OCH3 is 1. The van der Waals surface area contributed by atoms with Crippen LogP contribution in [-0.4, -0.2) is 55.5 Å². The summed E-state index contributed by atoms with van der Waals surface area (Å²) in [5.74, 6) is -2.49. The molecule has 2 aliphatic rings. The van der Waals surface area contributed by atoms with Crippen molar-refractivity contribution in [2.24, 2.45) is 11.0 Å². The van der Waals surface area contributed by atoms with Gasteiger partial charge in [-0.1, -0.05) is 13.5 Å². The van der Waals surface area contributed by atoms with Crippen LogP contribution in [0.3, 0.4) is 0 Å². The van der Waals surface area contributed by atoms with Gasteiger partial charge in [-0.3, -0.25) is 15.0 Å². The Kier molecular flexibility index (Phi) is 6.56. The van der Waals surface area contributed by atoms with Gasteiger partial charge in [0.2, 0.25) is 12.2 Å². The summed E-state index contributed by atoms with van der Waals surface area (Å²) >= 11 is 0. The quantitative estimate of drug-likeness (QED) is 0.543. The molecule has 2 aliphatic heterocycles. The van der Waals surface area contributed by atoms with Gasteiger partial charge in [0.05, 0.1) is 13.0 Å². The Labute approximate surface area is 156 Å². The van der Waals surface area contributed by atoms with Crippen LogP contribution in [0.15, 0.2) is 29.5 Å². The molecule has 27 heavy (non-hydrogen) atoms. The number of hydrazone groups is 1. The first-order chi connectivity index (χ1) is 12.7. The molecule has 148 valence electrons. The zero-order valence-electron chi connectivity index (χ0n) is 15.5. The summed E-state index contributed by atoms with van der Waals surface area (Å²) in [7, 11) is 1.16. The molecule has 0 aromatic heterocycles. The van der Waals surface area contributed by atoms with E-state index < -0.39 is 48.4 Å². The van der Waals surface area contributed by atoms with Crippen molar-refractivity contribution in [1.82, 2.24) is 5.43 Å². The molecule has 5 atom stereocenters. The molecule has 0 amide bonds. The van der Waals surface area contributed by atoms with Crippen LogP contribution in [0.4, 0.5) is 0 Å². The van der Waals surface area contributed by atoms with Crippen LogP contribution in [0.1, 0.15) is 20.8 Å². The molecule has 0 saturated carbocycles.